The fraction of sp³-hybridized carbons (Fsp3) is 0.250. The summed E-state index contributed by atoms with van der Waals surface area (Å²) in [5.74, 6) is 0.904. The van der Waals surface area contributed by atoms with Gasteiger partial charge in [0.05, 0.1) is 19.3 Å². The van der Waals surface area contributed by atoms with Crippen LogP contribution in [0.1, 0.15) is 11.3 Å². The molecule has 0 aliphatic rings. The van der Waals surface area contributed by atoms with E-state index < -0.39 is 0 Å². The fourth-order valence-electron chi connectivity index (χ4n) is 1.89. The van der Waals surface area contributed by atoms with Crippen molar-refractivity contribution in [2.75, 3.05) is 14.2 Å². The second kappa shape index (κ2) is 7.97. The summed E-state index contributed by atoms with van der Waals surface area (Å²) < 4.78 is 18.6. The molecule has 0 saturated carbocycles. The highest BCUT2D eigenvalue weighted by atomic mass is 19.1. The summed E-state index contributed by atoms with van der Waals surface area (Å²) in [6.07, 6.45) is 0. The van der Waals surface area contributed by atoms with Crippen molar-refractivity contribution in [3.05, 3.63) is 59.5 Å². The molecule has 1 heterocycles. The summed E-state index contributed by atoms with van der Waals surface area (Å²) in [5.41, 5.74) is 1.41. The molecule has 0 amide bonds. The molecule has 6 heteroatoms. The molecule has 0 aliphatic carbocycles. The monoisotopic (exact) mass is 302 g/mol. The van der Waals surface area contributed by atoms with Crippen molar-refractivity contribution in [2.45, 2.75) is 13.1 Å². The molecule has 22 heavy (non-hydrogen) atoms. The second-order valence-corrected chi connectivity index (χ2v) is 4.54. The van der Waals surface area contributed by atoms with E-state index >= 15 is 0 Å². The highest BCUT2D eigenvalue weighted by Gasteiger charge is 2.03. The third kappa shape index (κ3) is 4.44. The first-order valence-corrected chi connectivity index (χ1v) is 6.90. The van der Waals surface area contributed by atoms with E-state index in [4.69, 9.17) is 4.74 Å². The summed E-state index contributed by atoms with van der Waals surface area (Å²) >= 11 is 0. The van der Waals surface area contributed by atoms with Crippen LogP contribution in [-0.2, 0) is 13.1 Å². The zero-order valence-electron chi connectivity index (χ0n) is 12.6. The molecule has 0 radical (unpaired) electrons. The minimum Gasteiger partial charge on any atom is -0.481 e. The van der Waals surface area contributed by atoms with Crippen LogP contribution in [0.25, 0.3) is 0 Å². The molecule has 5 nitrogen and oxygen atoms in total. The second-order valence-electron chi connectivity index (χ2n) is 4.54. The topological polar surface area (TPSA) is 58.5 Å². The molecular weight excluding hydrogens is 283 g/mol. The molecule has 0 spiro atoms. The molecule has 0 unspecified atom stereocenters. The predicted octanol–water partition coefficient (Wildman–Crippen LogP) is 2.09. The van der Waals surface area contributed by atoms with Crippen LogP contribution in [0.3, 0.4) is 0 Å². The Labute approximate surface area is 129 Å². The number of nitrogens with zero attached hydrogens (tertiary/aromatic N) is 2. The van der Waals surface area contributed by atoms with Crippen LogP contribution in [0.5, 0.6) is 5.88 Å². The van der Waals surface area contributed by atoms with Gasteiger partial charge in [0.2, 0.25) is 5.88 Å². The average Bonchev–Trinajstić information content (AvgIpc) is 2.56. The molecule has 2 rings (SSSR count). The van der Waals surface area contributed by atoms with E-state index in [1.165, 1.54) is 6.07 Å². The Balaban J connectivity index is 1.89. The van der Waals surface area contributed by atoms with E-state index in [1.807, 2.05) is 12.1 Å². The normalized spacial score (nSPS) is 11.1. The maximum Gasteiger partial charge on any atom is 0.213 e. The third-order valence-corrected chi connectivity index (χ3v) is 3.06. The number of methoxy groups -OCH3 is 1. The maximum absolute atomic E-state index is 13.6. The lowest BCUT2D eigenvalue weighted by molar-refractivity contribution is 0.396. The summed E-state index contributed by atoms with van der Waals surface area (Å²) in [7, 11) is 3.24. The Kier molecular flexibility index (Phi) is 5.71. The van der Waals surface area contributed by atoms with E-state index in [0.29, 0.717) is 30.5 Å². The van der Waals surface area contributed by atoms with Crippen molar-refractivity contribution in [3.8, 4) is 5.88 Å². The lowest BCUT2D eigenvalue weighted by Gasteiger charge is -2.12. The molecule has 1 aromatic heterocycles. The highest BCUT2D eigenvalue weighted by Crippen LogP contribution is 2.07. The lowest BCUT2D eigenvalue weighted by atomic mass is 10.2. The summed E-state index contributed by atoms with van der Waals surface area (Å²) in [6.45, 7) is 0.853. The number of rotatable bonds is 5. The van der Waals surface area contributed by atoms with Gasteiger partial charge < -0.3 is 15.4 Å². The van der Waals surface area contributed by atoms with Gasteiger partial charge in [0.15, 0.2) is 5.96 Å². The number of aliphatic imine (C=N–C) groups is 1. The van der Waals surface area contributed by atoms with Gasteiger partial charge in [-0.3, -0.25) is 4.99 Å². The number of nitrogens with one attached hydrogen (secondary N) is 2. The van der Waals surface area contributed by atoms with Gasteiger partial charge >= 0.3 is 0 Å². The number of ether oxygens (including phenoxy) is 1. The number of halogens is 1. The Morgan fingerprint density at radius 3 is 2.64 bits per heavy atom. The summed E-state index contributed by atoms with van der Waals surface area (Å²) in [6, 6.07) is 12.2. The van der Waals surface area contributed by atoms with Crippen LogP contribution in [0.2, 0.25) is 0 Å². The molecule has 116 valence electrons. The van der Waals surface area contributed by atoms with E-state index in [1.54, 1.807) is 38.4 Å². The zero-order valence-corrected chi connectivity index (χ0v) is 12.6. The summed E-state index contributed by atoms with van der Waals surface area (Å²) in [5, 5.41) is 6.19. The van der Waals surface area contributed by atoms with Crippen LogP contribution < -0.4 is 15.4 Å². The molecule has 0 fully saturated rings. The van der Waals surface area contributed by atoms with Gasteiger partial charge in [-0.05, 0) is 12.1 Å². The minimum absolute atomic E-state index is 0.236. The number of aromatic nitrogens is 1. The molecule has 0 saturated heterocycles. The van der Waals surface area contributed by atoms with Gasteiger partial charge in [0.25, 0.3) is 0 Å². The van der Waals surface area contributed by atoms with Crippen LogP contribution in [0.4, 0.5) is 4.39 Å². The SMILES string of the molecule is CN=C(NCc1cccc(OC)n1)NCc1ccccc1F. The van der Waals surface area contributed by atoms with E-state index in [-0.39, 0.29) is 5.82 Å². The van der Waals surface area contributed by atoms with E-state index in [2.05, 4.69) is 20.6 Å². The largest absolute Gasteiger partial charge is 0.481 e. The average molecular weight is 302 g/mol. The maximum atomic E-state index is 13.6. The molecule has 0 aliphatic heterocycles. The van der Waals surface area contributed by atoms with Crippen LogP contribution in [0.15, 0.2) is 47.5 Å². The van der Waals surface area contributed by atoms with Gasteiger partial charge in [0.1, 0.15) is 5.82 Å². The lowest BCUT2D eigenvalue weighted by Crippen LogP contribution is -2.36. The van der Waals surface area contributed by atoms with Crippen molar-refractivity contribution in [3.63, 3.8) is 0 Å². The number of guanidine groups is 1. The first-order valence-electron chi connectivity index (χ1n) is 6.90. The van der Waals surface area contributed by atoms with Crippen molar-refractivity contribution < 1.29 is 9.13 Å². The Hall–Kier alpha value is -2.63. The number of hydrogen-bond acceptors (Lipinski definition) is 3. The zero-order chi connectivity index (χ0) is 15.8. The van der Waals surface area contributed by atoms with Gasteiger partial charge in [0, 0.05) is 25.2 Å². The number of hydrogen-bond donors (Lipinski definition) is 2. The number of pyridine rings is 1. The Morgan fingerprint density at radius 2 is 1.91 bits per heavy atom. The molecule has 2 N–H and O–H groups in total. The molecule has 2 aromatic rings. The minimum atomic E-state index is -0.236. The van der Waals surface area contributed by atoms with Crippen LogP contribution >= 0.6 is 0 Å². The van der Waals surface area contributed by atoms with Crippen molar-refractivity contribution in [2.24, 2.45) is 4.99 Å². The first-order chi connectivity index (χ1) is 10.7. The number of benzene rings is 1. The van der Waals surface area contributed by atoms with E-state index in [0.717, 1.165) is 5.69 Å². The Morgan fingerprint density at radius 1 is 1.14 bits per heavy atom. The van der Waals surface area contributed by atoms with Crippen molar-refractivity contribution >= 4 is 5.96 Å². The molecule has 0 bridgehead atoms. The third-order valence-electron chi connectivity index (χ3n) is 3.06. The summed E-state index contributed by atoms with van der Waals surface area (Å²) in [4.78, 5) is 8.41. The highest BCUT2D eigenvalue weighted by molar-refractivity contribution is 5.79. The van der Waals surface area contributed by atoms with Crippen molar-refractivity contribution in [1.29, 1.82) is 0 Å². The molecular formula is C16H19FN4O. The standard InChI is InChI=1S/C16H19FN4O/c1-18-16(19-10-12-6-3-4-8-14(12)17)20-11-13-7-5-9-15(21-13)22-2/h3-9H,10-11H2,1-2H3,(H2,18,19,20). The fourth-order valence-corrected chi connectivity index (χ4v) is 1.89. The molecule has 0 atom stereocenters. The predicted molar refractivity (Wildman–Crippen MR) is 84.2 cm³/mol. The molecule has 1 aromatic carbocycles. The Bertz CT molecular complexity index is 646. The van der Waals surface area contributed by atoms with Gasteiger partial charge in [-0.15, -0.1) is 0 Å². The smallest absolute Gasteiger partial charge is 0.213 e. The van der Waals surface area contributed by atoms with Crippen molar-refractivity contribution in [1.82, 2.24) is 15.6 Å². The van der Waals surface area contributed by atoms with Gasteiger partial charge in [-0.25, -0.2) is 9.37 Å². The quantitative estimate of drug-likeness (QED) is 0.656. The van der Waals surface area contributed by atoms with E-state index in [9.17, 15) is 4.39 Å². The van der Waals surface area contributed by atoms with Gasteiger partial charge in [-0.2, -0.15) is 0 Å². The first kappa shape index (κ1) is 15.8. The van der Waals surface area contributed by atoms with Gasteiger partial charge in [-0.1, -0.05) is 24.3 Å². The van der Waals surface area contributed by atoms with Crippen LogP contribution in [-0.4, -0.2) is 25.1 Å². The van der Waals surface area contributed by atoms with Crippen LogP contribution in [0, 0.1) is 5.82 Å².